The Hall–Kier alpha value is -2.41. The molecular formula is C18H20ClFN4O2. The van der Waals surface area contributed by atoms with Crippen molar-refractivity contribution in [2.75, 3.05) is 19.6 Å². The first-order chi connectivity index (χ1) is 12.5. The van der Waals surface area contributed by atoms with Gasteiger partial charge >= 0.3 is 0 Å². The van der Waals surface area contributed by atoms with Crippen molar-refractivity contribution in [3.8, 4) is 0 Å². The van der Waals surface area contributed by atoms with E-state index in [1.54, 1.807) is 24.0 Å². The maximum atomic E-state index is 13.0. The second kappa shape index (κ2) is 7.86. The Balaban J connectivity index is 1.67. The largest absolute Gasteiger partial charge is 0.343 e. The number of carbonyl (C=O) groups excluding carboxylic acids is 2. The monoisotopic (exact) mass is 378 g/mol. The molecule has 26 heavy (non-hydrogen) atoms. The Morgan fingerprint density at radius 2 is 1.88 bits per heavy atom. The standard InChI is InChI=1S/C18H20ClFN4O2/c1-12-16(18(26)21-10-15(25)23-8-2-3-9-23)17(19)24(22-12)11-13-4-6-14(20)7-5-13/h4-7H,2-3,8-11H2,1H3,(H,21,26). The number of aryl methyl sites for hydroxylation is 1. The minimum Gasteiger partial charge on any atom is -0.343 e. The number of benzene rings is 1. The summed E-state index contributed by atoms with van der Waals surface area (Å²) in [6, 6.07) is 5.99. The molecule has 1 fully saturated rings. The van der Waals surface area contributed by atoms with Crippen molar-refractivity contribution in [1.29, 1.82) is 0 Å². The molecule has 0 spiro atoms. The average molecular weight is 379 g/mol. The number of rotatable bonds is 5. The Bertz CT molecular complexity index is 813. The summed E-state index contributed by atoms with van der Waals surface area (Å²) in [5.74, 6) is -0.840. The van der Waals surface area contributed by atoms with E-state index in [0.717, 1.165) is 31.5 Å². The summed E-state index contributed by atoms with van der Waals surface area (Å²) in [6.45, 7) is 3.43. The van der Waals surface area contributed by atoms with E-state index in [1.807, 2.05) is 0 Å². The zero-order chi connectivity index (χ0) is 18.7. The Kier molecular flexibility index (Phi) is 5.56. The summed E-state index contributed by atoms with van der Waals surface area (Å²) in [6.07, 6.45) is 2.00. The van der Waals surface area contributed by atoms with Crippen LogP contribution in [0.4, 0.5) is 4.39 Å². The van der Waals surface area contributed by atoms with Crippen LogP contribution in [0.5, 0.6) is 0 Å². The van der Waals surface area contributed by atoms with Crippen molar-refractivity contribution in [2.24, 2.45) is 0 Å². The number of nitrogens with one attached hydrogen (secondary N) is 1. The second-order valence-corrected chi connectivity index (χ2v) is 6.66. The van der Waals surface area contributed by atoms with Gasteiger partial charge < -0.3 is 10.2 Å². The number of halogens is 2. The van der Waals surface area contributed by atoms with E-state index in [0.29, 0.717) is 12.2 Å². The maximum absolute atomic E-state index is 13.0. The van der Waals surface area contributed by atoms with Crippen LogP contribution in [0.25, 0.3) is 0 Å². The first-order valence-electron chi connectivity index (χ1n) is 8.49. The van der Waals surface area contributed by atoms with E-state index in [-0.39, 0.29) is 29.0 Å². The number of carbonyl (C=O) groups is 2. The van der Waals surface area contributed by atoms with Crippen molar-refractivity contribution < 1.29 is 14.0 Å². The Morgan fingerprint density at radius 3 is 2.54 bits per heavy atom. The minimum absolute atomic E-state index is 0.0578. The lowest BCUT2D eigenvalue weighted by molar-refractivity contribution is -0.129. The van der Waals surface area contributed by atoms with Crippen molar-refractivity contribution in [3.05, 3.63) is 52.1 Å². The number of hydrogen-bond donors (Lipinski definition) is 1. The number of amides is 2. The van der Waals surface area contributed by atoms with Crippen LogP contribution in [-0.4, -0.2) is 46.1 Å². The molecule has 1 N–H and O–H groups in total. The van der Waals surface area contributed by atoms with Gasteiger partial charge in [-0.25, -0.2) is 9.07 Å². The fourth-order valence-electron chi connectivity index (χ4n) is 3.00. The molecule has 1 aromatic heterocycles. The lowest BCUT2D eigenvalue weighted by Gasteiger charge is -2.15. The SMILES string of the molecule is Cc1nn(Cc2ccc(F)cc2)c(Cl)c1C(=O)NCC(=O)N1CCCC1. The molecular weight excluding hydrogens is 359 g/mol. The molecule has 0 unspecified atom stereocenters. The molecule has 2 aromatic rings. The molecule has 0 aliphatic carbocycles. The highest BCUT2D eigenvalue weighted by atomic mass is 35.5. The fourth-order valence-corrected chi connectivity index (χ4v) is 3.32. The van der Waals surface area contributed by atoms with Crippen LogP contribution >= 0.6 is 11.6 Å². The zero-order valence-corrected chi connectivity index (χ0v) is 15.2. The summed E-state index contributed by atoms with van der Waals surface area (Å²) in [7, 11) is 0. The number of nitrogens with zero attached hydrogens (tertiary/aromatic N) is 3. The average Bonchev–Trinajstić information content (AvgIpc) is 3.24. The fraction of sp³-hybridized carbons (Fsp3) is 0.389. The number of aromatic nitrogens is 2. The molecule has 6 nitrogen and oxygen atoms in total. The lowest BCUT2D eigenvalue weighted by Crippen LogP contribution is -2.38. The second-order valence-electron chi connectivity index (χ2n) is 6.31. The van der Waals surface area contributed by atoms with E-state index in [2.05, 4.69) is 10.4 Å². The van der Waals surface area contributed by atoms with Gasteiger partial charge in [0.25, 0.3) is 5.91 Å². The van der Waals surface area contributed by atoms with E-state index in [9.17, 15) is 14.0 Å². The van der Waals surface area contributed by atoms with Gasteiger partial charge in [-0.1, -0.05) is 23.7 Å². The summed E-state index contributed by atoms with van der Waals surface area (Å²) < 4.78 is 14.5. The predicted molar refractivity (Wildman–Crippen MR) is 95.6 cm³/mol. The molecule has 0 atom stereocenters. The van der Waals surface area contributed by atoms with Crippen LogP contribution in [0.1, 0.15) is 34.5 Å². The molecule has 0 radical (unpaired) electrons. The van der Waals surface area contributed by atoms with Crippen LogP contribution in [0.2, 0.25) is 5.15 Å². The highest BCUT2D eigenvalue weighted by molar-refractivity contribution is 6.33. The molecule has 0 bridgehead atoms. The summed E-state index contributed by atoms with van der Waals surface area (Å²) in [5.41, 5.74) is 1.54. The third kappa shape index (κ3) is 4.04. The van der Waals surface area contributed by atoms with Crippen LogP contribution in [0, 0.1) is 12.7 Å². The maximum Gasteiger partial charge on any atom is 0.256 e. The summed E-state index contributed by atoms with van der Waals surface area (Å²) >= 11 is 6.32. The minimum atomic E-state index is -0.426. The van der Waals surface area contributed by atoms with Crippen molar-refractivity contribution in [2.45, 2.75) is 26.3 Å². The first-order valence-corrected chi connectivity index (χ1v) is 8.87. The Morgan fingerprint density at radius 1 is 1.23 bits per heavy atom. The van der Waals surface area contributed by atoms with Gasteiger partial charge in [0.05, 0.1) is 24.3 Å². The van der Waals surface area contributed by atoms with Gasteiger partial charge in [-0.05, 0) is 37.5 Å². The molecule has 1 aliphatic heterocycles. The lowest BCUT2D eigenvalue weighted by atomic mass is 10.2. The quantitative estimate of drug-likeness (QED) is 0.868. The van der Waals surface area contributed by atoms with Crippen molar-refractivity contribution >= 4 is 23.4 Å². The molecule has 1 aliphatic rings. The molecule has 2 amide bonds. The van der Waals surface area contributed by atoms with Crippen molar-refractivity contribution in [3.63, 3.8) is 0 Å². The molecule has 1 saturated heterocycles. The van der Waals surface area contributed by atoms with Gasteiger partial charge in [0.15, 0.2) is 0 Å². The van der Waals surface area contributed by atoms with E-state index < -0.39 is 5.91 Å². The third-order valence-electron chi connectivity index (χ3n) is 4.40. The van der Waals surface area contributed by atoms with Gasteiger partial charge in [0.1, 0.15) is 11.0 Å². The van der Waals surface area contributed by atoms with Gasteiger partial charge in [-0.2, -0.15) is 5.10 Å². The Labute approximate surface area is 155 Å². The van der Waals surface area contributed by atoms with Crippen LogP contribution in [0.3, 0.4) is 0 Å². The third-order valence-corrected chi connectivity index (χ3v) is 4.78. The molecule has 1 aromatic carbocycles. The normalized spacial score (nSPS) is 13.9. The number of hydrogen-bond acceptors (Lipinski definition) is 3. The van der Waals surface area contributed by atoms with Gasteiger partial charge in [-0.15, -0.1) is 0 Å². The van der Waals surface area contributed by atoms with Crippen molar-refractivity contribution in [1.82, 2.24) is 20.0 Å². The molecule has 2 heterocycles. The van der Waals surface area contributed by atoms with E-state index in [1.165, 1.54) is 16.8 Å². The van der Waals surface area contributed by atoms with Gasteiger partial charge in [0, 0.05) is 13.1 Å². The molecule has 8 heteroatoms. The molecule has 138 valence electrons. The highest BCUT2D eigenvalue weighted by Crippen LogP contribution is 2.21. The van der Waals surface area contributed by atoms with Crippen LogP contribution < -0.4 is 5.32 Å². The molecule has 3 rings (SSSR count). The van der Waals surface area contributed by atoms with Gasteiger partial charge in [0.2, 0.25) is 5.91 Å². The molecule has 0 saturated carbocycles. The first kappa shape index (κ1) is 18.4. The van der Waals surface area contributed by atoms with Crippen LogP contribution in [-0.2, 0) is 11.3 Å². The zero-order valence-electron chi connectivity index (χ0n) is 14.5. The number of likely N-dealkylation sites (tertiary alicyclic amines) is 1. The smallest absolute Gasteiger partial charge is 0.256 e. The van der Waals surface area contributed by atoms with Gasteiger partial charge in [-0.3, -0.25) is 9.59 Å². The van der Waals surface area contributed by atoms with E-state index in [4.69, 9.17) is 11.6 Å². The topological polar surface area (TPSA) is 67.2 Å². The predicted octanol–water partition coefficient (Wildman–Crippen LogP) is 2.38. The summed E-state index contributed by atoms with van der Waals surface area (Å²) in [5, 5.41) is 7.11. The summed E-state index contributed by atoms with van der Waals surface area (Å²) in [4.78, 5) is 26.2. The van der Waals surface area contributed by atoms with Crippen LogP contribution in [0.15, 0.2) is 24.3 Å². The highest BCUT2D eigenvalue weighted by Gasteiger charge is 2.23. The van der Waals surface area contributed by atoms with E-state index >= 15 is 0 Å².